The Morgan fingerprint density at radius 2 is 2.25 bits per heavy atom. The highest BCUT2D eigenvalue weighted by molar-refractivity contribution is 7.21. The van der Waals surface area contributed by atoms with Gasteiger partial charge in [-0.3, -0.25) is 9.69 Å². The Bertz CT molecular complexity index is 869. The van der Waals surface area contributed by atoms with E-state index in [0.717, 1.165) is 53.3 Å². The van der Waals surface area contributed by atoms with Crippen LogP contribution in [0.2, 0.25) is 0 Å². The van der Waals surface area contributed by atoms with Crippen LogP contribution < -0.4 is 11.2 Å². The minimum Gasteiger partial charge on any atom is -0.366 e. The van der Waals surface area contributed by atoms with Gasteiger partial charge < -0.3 is 5.73 Å². The molecule has 4 aliphatic heterocycles. The molecule has 0 radical (unpaired) electrons. The number of nitrogens with zero attached hydrogens (tertiary/aromatic N) is 2. The lowest BCUT2D eigenvalue weighted by molar-refractivity contribution is -0.155. The second-order valence-electron chi connectivity index (χ2n) is 6.76. The van der Waals surface area contributed by atoms with Gasteiger partial charge in [0.1, 0.15) is 0 Å². The third-order valence-electron chi connectivity index (χ3n) is 5.34. The fraction of sp³-hybridized carbons (Fsp3) is 0.412. The van der Waals surface area contributed by atoms with Crippen LogP contribution in [0.3, 0.4) is 0 Å². The Morgan fingerprint density at radius 1 is 1.42 bits per heavy atom. The number of fused-ring (bicyclic) bond motifs is 3. The number of piperidine rings is 3. The van der Waals surface area contributed by atoms with Crippen LogP contribution in [0.5, 0.6) is 0 Å². The number of nitrogens with one attached hydrogen (secondary N) is 1. The van der Waals surface area contributed by atoms with Gasteiger partial charge in [-0.2, -0.15) is 0 Å². The topological polar surface area (TPSA) is 80.0 Å². The fourth-order valence-electron chi connectivity index (χ4n) is 4.08. The summed E-state index contributed by atoms with van der Waals surface area (Å²) < 4.78 is 0.902. The number of primary amides is 1. The molecule has 3 saturated heterocycles. The van der Waals surface area contributed by atoms with E-state index in [1.54, 1.807) is 6.07 Å². The number of hydrogen-bond donors (Lipinski definition) is 2. The number of carbonyl (C=O) groups excluding carboxylic acids is 1. The van der Waals surface area contributed by atoms with Crippen LogP contribution in [0.4, 0.5) is 0 Å². The zero-order valence-corrected chi connectivity index (χ0v) is 13.9. The molecular formula is C17H18N4O2S. The maximum absolute atomic E-state index is 11.6. The minimum atomic E-state index is -0.450. The number of benzene rings is 1. The number of hydrogen-bond acceptors (Lipinski definition) is 6. The molecule has 4 aliphatic rings. The van der Waals surface area contributed by atoms with Crippen molar-refractivity contribution in [3.63, 3.8) is 0 Å². The van der Waals surface area contributed by atoms with Crippen LogP contribution in [-0.2, 0) is 4.84 Å². The molecule has 2 aromatic rings. The summed E-state index contributed by atoms with van der Waals surface area (Å²) in [7, 11) is 0. The summed E-state index contributed by atoms with van der Waals surface area (Å²) in [5.41, 5.74) is 8.64. The molecule has 1 aromatic heterocycles. The third-order valence-corrected chi connectivity index (χ3v) is 6.53. The lowest BCUT2D eigenvalue weighted by Gasteiger charge is -2.47. The Balaban J connectivity index is 1.55. The zero-order chi connectivity index (χ0) is 16.3. The second-order valence-corrected chi connectivity index (χ2v) is 7.81. The van der Waals surface area contributed by atoms with Crippen LogP contribution in [0, 0.1) is 5.92 Å². The van der Waals surface area contributed by atoms with Gasteiger partial charge in [0.2, 0.25) is 11.6 Å². The lowest BCUT2D eigenvalue weighted by Crippen LogP contribution is -2.58. The van der Waals surface area contributed by atoms with E-state index in [2.05, 4.69) is 10.4 Å². The van der Waals surface area contributed by atoms with Gasteiger partial charge in [-0.25, -0.2) is 15.3 Å². The molecule has 0 aliphatic carbocycles. The van der Waals surface area contributed by atoms with Crippen LogP contribution in [-0.4, -0.2) is 42.0 Å². The number of amides is 1. The molecule has 124 valence electrons. The Hall–Kier alpha value is -1.96. The van der Waals surface area contributed by atoms with Gasteiger partial charge in [0.25, 0.3) is 0 Å². The summed E-state index contributed by atoms with van der Waals surface area (Å²) in [6.45, 7) is 3.14. The number of thiophene rings is 1. The van der Waals surface area contributed by atoms with Crippen molar-refractivity contribution < 1.29 is 9.63 Å². The maximum Gasteiger partial charge on any atom is 0.250 e. The molecule has 24 heavy (non-hydrogen) atoms. The van der Waals surface area contributed by atoms with Gasteiger partial charge in [0, 0.05) is 10.6 Å². The number of rotatable bonds is 2. The standard InChI is InChI=1S/C17H18N4O2S/c18-15(22)12-3-1-2-10-8-13(24-14(10)12)16-19-17(23-20-16)9-21-6-4-11(17)5-7-21/h1-3,8,11H,4-7,9H2,(H2,18,22)(H,19,20). The summed E-state index contributed by atoms with van der Waals surface area (Å²) in [5, 5.41) is 1.01. The Kier molecular flexibility index (Phi) is 3.01. The molecule has 6 nitrogen and oxygen atoms in total. The van der Waals surface area contributed by atoms with Crippen molar-refractivity contribution in [3.8, 4) is 0 Å². The van der Waals surface area contributed by atoms with Crippen LogP contribution in [0.15, 0.2) is 29.3 Å². The predicted molar refractivity (Wildman–Crippen MR) is 93.0 cm³/mol. The SMILES string of the molecule is NC(=O)c1cccc2cc(C3=NC4(CN5CCC4CC5)ON3)sc12. The highest BCUT2D eigenvalue weighted by Crippen LogP contribution is 2.41. The minimum absolute atomic E-state index is 0.402. The van der Waals surface area contributed by atoms with E-state index in [1.165, 1.54) is 11.3 Å². The highest BCUT2D eigenvalue weighted by atomic mass is 32.1. The van der Waals surface area contributed by atoms with E-state index < -0.39 is 11.6 Å². The van der Waals surface area contributed by atoms with Crippen molar-refractivity contribution in [1.82, 2.24) is 10.4 Å². The number of aliphatic imine (C=N–C) groups is 1. The van der Waals surface area contributed by atoms with E-state index in [-0.39, 0.29) is 0 Å². The fourth-order valence-corrected chi connectivity index (χ4v) is 5.20. The summed E-state index contributed by atoms with van der Waals surface area (Å²) in [4.78, 5) is 25.9. The summed E-state index contributed by atoms with van der Waals surface area (Å²) in [6.07, 6.45) is 2.27. The smallest absolute Gasteiger partial charge is 0.250 e. The molecule has 1 atom stereocenters. The molecule has 3 fully saturated rings. The summed E-state index contributed by atoms with van der Waals surface area (Å²) in [6, 6.07) is 7.65. The normalized spacial score (nSPS) is 31.4. The maximum atomic E-state index is 11.6. The highest BCUT2D eigenvalue weighted by Gasteiger charge is 2.51. The van der Waals surface area contributed by atoms with Gasteiger partial charge in [-0.1, -0.05) is 12.1 Å². The Labute approximate surface area is 143 Å². The number of amidine groups is 1. The number of hydroxylamine groups is 1. The first-order chi connectivity index (χ1) is 11.6. The first-order valence-corrected chi connectivity index (χ1v) is 9.05. The zero-order valence-electron chi connectivity index (χ0n) is 13.1. The molecule has 1 unspecified atom stereocenters. The predicted octanol–water partition coefficient (Wildman–Crippen LogP) is 1.70. The molecule has 1 aromatic carbocycles. The molecule has 3 N–H and O–H groups in total. The average molecular weight is 342 g/mol. The van der Waals surface area contributed by atoms with Crippen molar-refractivity contribution in [2.75, 3.05) is 19.6 Å². The largest absolute Gasteiger partial charge is 0.366 e. The average Bonchev–Trinajstić information content (AvgIpc) is 3.20. The third kappa shape index (κ3) is 2.02. The van der Waals surface area contributed by atoms with Crippen LogP contribution >= 0.6 is 11.3 Å². The van der Waals surface area contributed by atoms with Gasteiger partial charge in [0.15, 0.2) is 5.84 Å². The van der Waals surface area contributed by atoms with Crippen molar-refractivity contribution in [2.24, 2.45) is 16.6 Å². The van der Waals surface area contributed by atoms with Crippen LogP contribution in [0.25, 0.3) is 10.1 Å². The molecule has 1 spiro atoms. The Morgan fingerprint density at radius 3 is 2.96 bits per heavy atom. The molecule has 2 bridgehead atoms. The van der Waals surface area contributed by atoms with Crippen molar-refractivity contribution in [2.45, 2.75) is 18.6 Å². The second kappa shape index (κ2) is 5.02. The van der Waals surface area contributed by atoms with Crippen LogP contribution in [0.1, 0.15) is 28.1 Å². The van der Waals surface area contributed by atoms with E-state index in [4.69, 9.17) is 15.6 Å². The van der Waals surface area contributed by atoms with Crippen molar-refractivity contribution >= 4 is 33.2 Å². The quantitative estimate of drug-likeness (QED) is 0.871. The van der Waals surface area contributed by atoms with E-state index in [1.807, 2.05) is 18.2 Å². The number of nitrogens with two attached hydrogens (primary N) is 1. The molecule has 0 saturated carbocycles. The molecule has 1 amide bonds. The van der Waals surface area contributed by atoms with Crippen molar-refractivity contribution in [1.29, 1.82) is 0 Å². The monoisotopic (exact) mass is 342 g/mol. The van der Waals surface area contributed by atoms with Gasteiger partial charge in [0.05, 0.1) is 17.0 Å². The molecule has 7 heteroatoms. The summed E-state index contributed by atoms with van der Waals surface area (Å²) in [5.74, 6) is 0.837. The summed E-state index contributed by atoms with van der Waals surface area (Å²) >= 11 is 1.53. The number of carbonyl (C=O) groups is 1. The molecule has 5 heterocycles. The van der Waals surface area contributed by atoms with E-state index in [0.29, 0.717) is 11.5 Å². The first-order valence-electron chi connectivity index (χ1n) is 8.24. The lowest BCUT2D eigenvalue weighted by atomic mass is 9.81. The van der Waals surface area contributed by atoms with Gasteiger partial charge in [-0.15, -0.1) is 11.3 Å². The van der Waals surface area contributed by atoms with Gasteiger partial charge in [-0.05, 0) is 43.5 Å². The van der Waals surface area contributed by atoms with Crippen molar-refractivity contribution in [3.05, 3.63) is 34.7 Å². The van der Waals surface area contributed by atoms with E-state index in [9.17, 15) is 4.79 Å². The first kappa shape index (κ1) is 14.4. The molecular weight excluding hydrogens is 324 g/mol. The van der Waals surface area contributed by atoms with Gasteiger partial charge >= 0.3 is 0 Å². The van der Waals surface area contributed by atoms with E-state index >= 15 is 0 Å². The molecule has 6 rings (SSSR count).